The number of nitrogens with zero attached hydrogens (tertiary/aromatic N) is 2. The van der Waals surface area contributed by atoms with Crippen molar-refractivity contribution in [2.75, 3.05) is 12.0 Å². The van der Waals surface area contributed by atoms with E-state index in [-0.39, 0.29) is 0 Å². The molecular weight excluding hydrogens is 240 g/mol. The molecule has 5 heteroatoms. The highest BCUT2D eigenvalue weighted by Crippen LogP contribution is 2.24. The smallest absolute Gasteiger partial charge is 0.106 e. The van der Waals surface area contributed by atoms with Crippen LogP contribution in [0.1, 0.15) is 11.8 Å². The fraction of sp³-hybridized carbons (Fsp3) is 0.571. The van der Waals surface area contributed by atoms with Gasteiger partial charge in [0.1, 0.15) is 6.10 Å². The Kier molecular flexibility index (Phi) is 3.61. The SMILES string of the molecule is CSCC(O)c1c(Br)cnn1C. The van der Waals surface area contributed by atoms with Crippen LogP contribution in [0.5, 0.6) is 0 Å². The van der Waals surface area contributed by atoms with Crippen LogP contribution in [0.3, 0.4) is 0 Å². The number of hydrogen-bond donors (Lipinski definition) is 1. The lowest BCUT2D eigenvalue weighted by Gasteiger charge is -2.09. The minimum absolute atomic E-state index is 0.443. The van der Waals surface area contributed by atoms with E-state index in [2.05, 4.69) is 21.0 Å². The van der Waals surface area contributed by atoms with E-state index in [4.69, 9.17) is 0 Å². The first-order valence-corrected chi connectivity index (χ1v) is 5.70. The lowest BCUT2D eigenvalue weighted by molar-refractivity contribution is 0.193. The molecule has 0 aliphatic heterocycles. The Morgan fingerprint density at radius 2 is 2.50 bits per heavy atom. The minimum atomic E-state index is -0.443. The molecule has 0 fully saturated rings. The van der Waals surface area contributed by atoms with E-state index in [1.54, 1.807) is 22.6 Å². The Hall–Kier alpha value is 0. The summed E-state index contributed by atoms with van der Waals surface area (Å²) in [5.41, 5.74) is 0.837. The summed E-state index contributed by atoms with van der Waals surface area (Å²) in [6, 6.07) is 0. The Morgan fingerprint density at radius 1 is 1.83 bits per heavy atom. The van der Waals surface area contributed by atoms with Gasteiger partial charge in [0.15, 0.2) is 0 Å². The van der Waals surface area contributed by atoms with Crippen molar-refractivity contribution in [2.24, 2.45) is 7.05 Å². The van der Waals surface area contributed by atoms with E-state index in [0.29, 0.717) is 5.75 Å². The van der Waals surface area contributed by atoms with Crippen LogP contribution in [0.4, 0.5) is 0 Å². The van der Waals surface area contributed by atoms with Crippen LogP contribution in [0.25, 0.3) is 0 Å². The number of aliphatic hydroxyl groups is 1. The van der Waals surface area contributed by atoms with Crippen molar-refractivity contribution in [3.63, 3.8) is 0 Å². The van der Waals surface area contributed by atoms with Crippen LogP contribution < -0.4 is 0 Å². The average Bonchev–Trinajstić information content (AvgIpc) is 2.32. The first kappa shape index (κ1) is 10.1. The van der Waals surface area contributed by atoms with Crippen molar-refractivity contribution in [1.82, 2.24) is 9.78 Å². The molecule has 1 N–H and O–H groups in total. The van der Waals surface area contributed by atoms with E-state index in [9.17, 15) is 5.11 Å². The van der Waals surface area contributed by atoms with E-state index in [1.807, 2.05) is 13.3 Å². The molecule has 0 saturated carbocycles. The molecule has 1 aromatic rings. The van der Waals surface area contributed by atoms with Gasteiger partial charge in [0.2, 0.25) is 0 Å². The standard InChI is InChI=1S/C7H11BrN2OS/c1-10-7(5(8)3-9-10)6(11)4-12-2/h3,6,11H,4H2,1-2H3. The largest absolute Gasteiger partial charge is 0.386 e. The fourth-order valence-electron chi connectivity index (χ4n) is 1.03. The molecular formula is C7H11BrN2OS. The second-order valence-electron chi connectivity index (χ2n) is 2.47. The molecule has 0 aliphatic carbocycles. The lowest BCUT2D eigenvalue weighted by Crippen LogP contribution is -2.07. The number of thioether (sulfide) groups is 1. The highest BCUT2D eigenvalue weighted by atomic mass is 79.9. The number of aromatic nitrogens is 2. The Labute approximate surface area is 84.3 Å². The maximum absolute atomic E-state index is 9.66. The van der Waals surface area contributed by atoms with Gasteiger partial charge in [0.05, 0.1) is 16.4 Å². The third-order valence-corrected chi connectivity index (χ3v) is 2.84. The van der Waals surface area contributed by atoms with E-state index >= 15 is 0 Å². The van der Waals surface area contributed by atoms with Gasteiger partial charge in [-0.2, -0.15) is 16.9 Å². The van der Waals surface area contributed by atoms with E-state index in [0.717, 1.165) is 10.2 Å². The maximum Gasteiger partial charge on any atom is 0.106 e. The molecule has 0 aromatic carbocycles. The van der Waals surface area contributed by atoms with E-state index in [1.165, 1.54) is 0 Å². The van der Waals surface area contributed by atoms with Crippen molar-refractivity contribution in [1.29, 1.82) is 0 Å². The fourth-order valence-corrected chi connectivity index (χ4v) is 2.12. The molecule has 12 heavy (non-hydrogen) atoms. The van der Waals surface area contributed by atoms with Crippen LogP contribution in [-0.2, 0) is 7.05 Å². The molecule has 1 aromatic heterocycles. The van der Waals surface area contributed by atoms with Crippen molar-refractivity contribution in [3.05, 3.63) is 16.4 Å². The second kappa shape index (κ2) is 4.30. The van der Waals surface area contributed by atoms with Crippen LogP contribution in [0.2, 0.25) is 0 Å². The summed E-state index contributed by atoms with van der Waals surface area (Å²) in [5, 5.41) is 13.7. The van der Waals surface area contributed by atoms with Crippen molar-refractivity contribution >= 4 is 27.7 Å². The zero-order valence-corrected chi connectivity index (χ0v) is 9.39. The molecule has 1 atom stereocenters. The molecule has 0 bridgehead atoms. The van der Waals surface area contributed by atoms with Crippen LogP contribution in [-0.4, -0.2) is 26.9 Å². The summed E-state index contributed by atoms with van der Waals surface area (Å²) in [5.74, 6) is 0.693. The molecule has 0 amide bonds. The van der Waals surface area contributed by atoms with Gasteiger partial charge in [-0.25, -0.2) is 0 Å². The molecule has 0 saturated heterocycles. The summed E-state index contributed by atoms with van der Waals surface area (Å²) in [7, 11) is 1.82. The van der Waals surface area contributed by atoms with Crippen LogP contribution in [0.15, 0.2) is 10.7 Å². The third-order valence-electron chi connectivity index (χ3n) is 1.58. The molecule has 1 rings (SSSR count). The van der Waals surface area contributed by atoms with Gasteiger partial charge in [-0.1, -0.05) is 0 Å². The summed E-state index contributed by atoms with van der Waals surface area (Å²) in [6.07, 6.45) is 3.22. The molecule has 0 spiro atoms. The zero-order chi connectivity index (χ0) is 9.14. The van der Waals surface area contributed by atoms with E-state index < -0.39 is 6.10 Å². The van der Waals surface area contributed by atoms with Gasteiger partial charge < -0.3 is 5.11 Å². The number of rotatable bonds is 3. The zero-order valence-electron chi connectivity index (χ0n) is 6.99. The highest BCUT2D eigenvalue weighted by Gasteiger charge is 2.14. The van der Waals surface area contributed by atoms with Gasteiger partial charge in [-0.15, -0.1) is 0 Å². The van der Waals surface area contributed by atoms with Gasteiger partial charge in [-0.05, 0) is 22.2 Å². The number of aryl methyl sites for hydroxylation is 1. The maximum atomic E-state index is 9.66. The second-order valence-corrected chi connectivity index (χ2v) is 4.24. The molecule has 1 unspecified atom stereocenters. The molecule has 3 nitrogen and oxygen atoms in total. The van der Waals surface area contributed by atoms with Gasteiger partial charge in [-0.3, -0.25) is 4.68 Å². The summed E-state index contributed by atoms with van der Waals surface area (Å²) in [4.78, 5) is 0. The summed E-state index contributed by atoms with van der Waals surface area (Å²) < 4.78 is 2.55. The number of hydrogen-bond acceptors (Lipinski definition) is 3. The predicted octanol–water partition coefficient (Wildman–Crippen LogP) is 1.58. The van der Waals surface area contributed by atoms with Gasteiger partial charge in [0, 0.05) is 12.8 Å². The van der Waals surface area contributed by atoms with Crippen LogP contribution >= 0.6 is 27.7 Å². The minimum Gasteiger partial charge on any atom is -0.386 e. The van der Waals surface area contributed by atoms with Crippen LogP contribution in [0, 0.1) is 0 Å². The third kappa shape index (κ3) is 2.02. The highest BCUT2D eigenvalue weighted by molar-refractivity contribution is 9.10. The Balaban J connectivity index is 2.85. The first-order valence-electron chi connectivity index (χ1n) is 3.51. The van der Waals surface area contributed by atoms with Crippen molar-refractivity contribution in [3.8, 4) is 0 Å². The number of aliphatic hydroxyl groups excluding tert-OH is 1. The molecule has 0 aliphatic rings. The Morgan fingerprint density at radius 3 is 2.92 bits per heavy atom. The lowest BCUT2D eigenvalue weighted by atomic mass is 10.3. The normalized spacial score (nSPS) is 13.3. The topological polar surface area (TPSA) is 38.1 Å². The summed E-state index contributed by atoms with van der Waals surface area (Å²) >= 11 is 4.95. The monoisotopic (exact) mass is 250 g/mol. The predicted molar refractivity (Wildman–Crippen MR) is 54.2 cm³/mol. The van der Waals surface area contributed by atoms with Gasteiger partial charge >= 0.3 is 0 Å². The first-order chi connectivity index (χ1) is 5.66. The van der Waals surface area contributed by atoms with Gasteiger partial charge in [0.25, 0.3) is 0 Å². The molecule has 1 heterocycles. The quantitative estimate of drug-likeness (QED) is 0.886. The number of halogens is 1. The van der Waals surface area contributed by atoms with Crippen molar-refractivity contribution in [2.45, 2.75) is 6.10 Å². The summed E-state index contributed by atoms with van der Waals surface area (Å²) in [6.45, 7) is 0. The average molecular weight is 251 g/mol. The van der Waals surface area contributed by atoms with Crippen molar-refractivity contribution < 1.29 is 5.11 Å². The molecule has 0 radical (unpaired) electrons. The molecule has 68 valence electrons. The Bertz CT molecular complexity index is 244.